The smallest absolute Gasteiger partial charge is 0.346 e. The second kappa shape index (κ2) is 4.84. The van der Waals surface area contributed by atoms with Crippen molar-refractivity contribution in [3.63, 3.8) is 0 Å². The zero-order chi connectivity index (χ0) is 12.3. The number of hydrogen-bond donors (Lipinski definition) is 1. The van der Waals surface area contributed by atoms with Crippen LogP contribution in [0.5, 0.6) is 17.5 Å². The summed E-state index contributed by atoms with van der Waals surface area (Å²) >= 11 is 1.10. The van der Waals surface area contributed by atoms with Crippen LogP contribution in [0.4, 0.5) is 0 Å². The van der Waals surface area contributed by atoms with Crippen LogP contribution in [0.2, 0.25) is 0 Å². The molecule has 0 bridgehead atoms. The summed E-state index contributed by atoms with van der Waals surface area (Å²) in [6.45, 7) is 0. The van der Waals surface area contributed by atoms with Crippen LogP contribution in [0.3, 0.4) is 0 Å². The highest BCUT2D eigenvalue weighted by Gasteiger charge is 2.08. The van der Waals surface area contributed by atoms with Crippen molar-refractivity contribution >= 4 is 17.3 Å². The summed E-state index contributed by atoms with van der Waals surface area (Å²) in [4.78, 5) is 15.0. The van der Waals surface area contributed by atoms with E-state index in [-0.39, 0.29) is 4.88 Å². The molecule has 0 aliphatic heterocycles. The van der Waals surface area contributed by atoms with Gasteiger partial charge in [0, 0.05) is 23.6 Å². The number of aromatic nitrogens is 1. The summed E-state index contributed by atoms with van der Waals surface area (Å²) in [6.07, 6.45) is 0. The van der Waals surface area contributed by atoms with Crippen molar-refractivity contribution in [2.24, 2.45) is 0 Å². The number of carboxylic acids is 1. The maximum Gasteiger partial charge on any atom is 0.346 e. The summed E-state index contributed by atoms with van der Waals surface area (Å²) in [5.41, 5.74) is 0. The van der Waals surface area contributed by atoms with Crippen molar-refractivity contribution in [3.05, 3.63) is 34.5 Å². The Labute approximate surface area is 101 Å². The molecule has 0 fully saturated rings. The van der Waals surface area contributed by atoms with E-state index in [1.807, 2.05) is 0 Å². The van der Waals surface area contributed by atoms with Gasteiger partial charge in [0.25, 0.3) is 0 Å². The highest BCUT2D eigenvalue weighted by atomic mass is 32.1. The number of carboxylic acid groups (broad SMARTS) is 1. The van der Waals surface area contributed by atoms with Gasteiger partial charge in [0.05, 0.1) is 7.11 Å². The summed E-state index contributed by atoms with van der Waals surface area (Å²) in [7, 11) is 1.51. The first-order chi connectivity index (χ1) is 8.19. The van der Waals surface area contributed by atoms with Gasteiger partial charge in [0.2, 0.25) is 11.8 Å². The normalized spacial score (nSPS) is 9.94. The lowest BCUT2D eigenvalue weighted by Gasteiger charge is -2.03. The topological polar surface area (TPSA) is 68.7 Å². The molecule has 2 aromatic rings. The summed E-state index contributed by atoms with van der Waals surface area (Å²) in [5, 5.41) is 10.4. The molecule has 0 saturated carbocycles. The lowest BCUT2D eigenvalue weighted by atomic mass is 10.4. The van der Waals surface area contributed by atoms with Gasteiger partial charge in [-0.2, -0.15) is 4.98 Å². The van der Waals surface area contributed by atoms with E-state index < -0.39 is 5.97 Å². The molecule has 2 rings (SSSR count). The number of nitrogens with zero attached hydrogens (tertiary/aromatic N) is 1. The van der Waals surface area contributed by atoms with Crippen LogP contribution in [0.1, 0.15) is 9.67 Å². The third-order valence-electron chi connectivity index (χ3n) is 1.92. The molecular weight excluding hydrogens is 242 g/mol. The van der Waals surface area contributed by atoms with Crippen LogP contribution in [0.25, 0.3) is 0 Å². The molecule has 17 heavy (non-hydrogen) atoms. The van der Waals surface area contributed by atoms with Gasteiger partial charge < -0.3 is 14.6 Å². The van der Waals surface area contributed by atoms with E-state index in [4.69, 9.17) is 14.6 Å². The molecule has 0 atom stereocenters. The fourth-order valence-electron chi connectivity index (χ4n) is 1.17. The van der Waals surface area contributed by atoms with E-state index in [1.54, 1.807) is 23.6 Å². The molecule has 0 aromatic carbocycles. The van der Waals surface area contributed by atoms with Crippen LogP contribution in [-0.4, -0.2) is 23.2 Å². The van der Waals surface area contributed by atoms with E-state index in [1.165, 1.54) is 13.2 Å². The second-order valence-corrected chi connectivity index (χ2v) is 3.98. The number of aromatic carboxylic acids is 1. The van der Waals surface area contributed by atoms with Gasteiger partial charge in [-0.15, -0.1) is 11.3 Å². The number of thiophene rings is 1. The highest BCUT2D eigenvalue weighted by Crippen LogP contribution is 2.26. The monoisotopic (exact) mass is 251 g/mol. The van der Waals surface area contributed by atoms with Crippen LogP contribution in [0, 0.1) is 0 Å². The minimum atomic E-state index is -0.969. The van der Waals surface area contributed by atoms with E-state index >= 15 is 0 Å². The van der Waals surface area contributed by atoms with Crippen molar-refractivity contribution < 1.29 is 19.4 Å². The van der Waals surface area contributed by atoms with E-state index in [2.05, 4.69) is 4.98 Å². The van der Waals surface area contributed by atoms with Crippen LogP contribution >= 0.6 is 11.3 Å². The van der Waals surface area contributed by atoms with Gasteiger partial charge >= 0.3 is 5.97 Å². The number of ether oxygens (including phenoxy) is 2. The molecule has 0 saturated heterocycles. The van der Waals surface area contributed by atoms with Gasteiger partial charge in [-0.25, -0.2) is 4.79 Å². The Morgan fingerprint density at radius 3 is 2.82 bits per heavy atom. The summed E-state index contributed by atoms with van der Waals surface area (Å²) < 4.78 is 10.4. The lowest BCUT2D eigenvalue weighted by Crippen LogP contribution is -1.92. The standard InChI is InChI=1S/C11H9NO4S/c1-15-9-3-2-4-10(12-9)16-7-5-8(11(13)14)17-6-7/h2-6H,1H3,(H,13,14). The van der Waals surface area contributed by atoms with Gasteiger partial charge in [-0.1, -0.05) is 6.07 Å². The molecule has 2 aromatic heterocycles. The minimum Gasteiger partial charge on any atom is -0.481 e. The van der Waals surface area contributed by atoms with Crippen molar-refractivity contribution in [2.45, 2.75) is 0 Å². The Bertz CT molecular complexity index is 538. The minimum absolute atomic E-state index is 0.225. The highest BCUT2D eigenvalue weighted by molar-refractivity contribution is 7.12. The molecule has 0 aliphatic rings. The number of pyridine rings is 1. The molecule has 1 N–H and O–H groups in total. The molecule has 0 unspecified atom stereocenters. The maximum absolute atomic E-state index is 10.7. The van der Waals surface area contributed by atoms with Gasteiger partial charge in [0.1, 0.15) is 10.6 Å². The predicted molar refractivity (Wildman–Crippen MR) is 62.1 cm³/mol. The van der Waals surface area contributed by atoms with Gasteiger partial charge in [-0.3, -0.25) is 0 Å². The molecule has 0 amide bonds. The van der Waals surface area contributed by atoms with Crippen LogP contribution in [-0.2, 0) is 0 Å². The zero-order valence-corrected chi connectivity index (χ0v) is 9.73. The van der Waals surface area contributed by atoms with E-state index in [9.17, 15) is 4.79 Å². The quantitative estimate of drug-likeness (QED) is 0.904. The molecule has 0 radical (unpaired) electrons. The zero-order valence-electron chi connectivity index (χ0n) is 8.91. The largest absolute Gasteiger partial charge is 0.481 e. The molecular formula is C11H9NO4S. The van der Waals surface area contributed by atoms with Gasteiger partial charge in [-0.05, 0) is 0 Å². The number of rotatable bonds is 4. The van der Waals surface area contributed by atoms with Crippen molar-refractivity contribution in [1.29, 1.82) is 0 Å². The fraction of sp³-hybridized carbons (Fsp3) is 0.0909. The Kier molecular flexibility index (Phi) is 3.24. The molecule has 0 spiro atoms. The number of hydrogen-bond acceptors (Lipinski definition) is 5. The number of carbonyl (C=O) groups is 1. The van der Waals surface area contributed by atoms with Crippen LogP contribution < -0.4 is 9.47 Å². The Morgan fingerprint density at radius 1 is 1.41 bits per heavy atom. The van der Waals surface area contributed by atoms with Gasteiger partial charge in [0.15, 0.2) is 0 Å². The first-order valence-electron chi connectivity index (χ1n) is 4.70. The first kappa shape index (κ1) is 11.4. The SMILES string of the molecule is COc1cccc(Oc2csc(C(=O)O)c2)n1. The van der Waals surface area contributed by atoms with E-state index in [0.717, 1.165) is 11.3 Å². The Morgan fingerprint density at radius 2 is 2.18 bits per heavy atom. The summed E-state index contributed by atoms with van der Waals surface area (Å²) in [5.74, 6) is 0.284. The predicted octanol–water partition coefficient (Wildman–Crippen LogP) is 2.64. The Hall–Kier alpha value is -2.08. The van der Waals surface area contributed by atoms with E-state index in [0.29, 0.717) is 17.5 Å². The summed E-state index contributed by atoms with van der Waals surface area (Å²) in [6, 6.07) is 6.56. The molecule has 5 nitrogen and oxygen atoms in total. The average Bonchev–Trinajstić information content (AvgIpc) is 2.78. The first-order valence-corrected chi connectivity index (χ1v) is 5.58. The second-order valence-electron chi connectivity index (χ2n) is 3.07. The Balaban J connectivity index is 2.16. The average molecular weight is 251 g/mol. The molecule has 88 valence electrons. The van der Waals surface area contributed by atoms with Crippen LogP contribution in [0.15, 0.2) is 29.6 Å². The molecule has 2 heterocycles. The third kappa shape index (κ3) is 2.73. The van der Waals surface area contributed by atoms with Crippen molar-refractivity contribution in [1.82, 2.24) is 4.98 Å². The molecule has 6 heteroatoms. The molecule has 0 aliphatic carbocycles. The van der Waals surface area contributed by atoms with Crippen molar-refractivity contribution in [3.8, 4) is 17.5 Å². The third-order valence-corrected chi connectivity index (χ3v) is 2.81. The van der Waals surface area contributed by atoms with Crippen molar-refractivity contribution in [2.75, 3.05) is 7.11 Å². The number of methoxy groups -OCH3 is 1. The lowest BCUT2D eigenvalue weighted by molar-refractivity contribution is 0.0702. The maximum atomic E-state index is 10.7. The fourth-order valence-corrected chi connectivity index (χ4v) is 1.82.